The summed E-state index contributed by atoms with van der Waals surface area (Å²) in [6.07, 6.45) is 2.71. The van der Waals surface area contributed by atoms with Crippen LogP contribution >= 0.6 is 11.6 Å². The average molecular weight is 353 g/mol. The number of benzene rings is 1. The molecule has 0 atom stereocenters. The van der Waals surface area contributed by atoms with Gasteiger partial charge in [-0.05, 0) is 50.3 Å². The van der Waals surface area contributed by atoms with E-state index in [9.17, 15) is 9.59 Å². The lowest BCUT2D eigenvalue weighted by atomic mass is 10.2. The topological polar surface area (TPSA) is 58.6 Å². The maximum atomic E-state index is 12.3. The predicted molar refractivity (Wildman–Crippen MR) is 95.2 cm³/mol. The second kappa shape index (κ2) is 9.04. The quantitative estimate of drug-likeness (QED) is 0.693. The van der Waals surface area contributed by atoms with Crippen LogP contribution in [0.25, 0.3) is 0 Å². The van der Waals surface area contributed by atoms with Crippen molar-refractivity contribution < 1.29 is 14.3 Å². The van der Waals surface area contributed by atoms with Gasteiger partial charge in [0.25, 0.3) is 0 Å². The Kier molecular flexibility index (Phi) is 7.06. The molecule has 1 aliphatic carbocycles. The molecule has 0 spiro atoms. The highest BCUT2D eigenvalue weighted by atomic mass is 35.5. The Bertz CT molecular complexity index is 588. The predicted octanol–water partition coefficient (Wildman–Crippen LogP) is 3.25. The summed E-state index contributed by atoms with van der Waals surface area (Å²) in [5.74, 6) is 0.331. The van der Waals surface area contributed by atoms with E-state index in [2.05, 4.69) is 5.32 Å². The van der Waals surface area contributed by atoms with E-state index in [4.69, 9.17) is 16.3 Å². The van der Waals surface area contributed by atoms with Crippen LogP contribution in [0.4, 0.5) is 5.69 Å². The molecule has 132 valence electrons. The van der Waals surface area contributed by atoms with E-state index in [0.29, 0.717) is 36.2 Å². The fourth-order valence-electron chi connectivity index (χ4n) is 2.46. The highest BCUT2D eigenvalue weighted by Gasteiger charge is 2.25. The number of amides is 1. The van der Waals surface area contributed by atoms with Crippen LogP contribution in [-0.4, -0.2) is 43.0 Å². The summed E-state index contributed by atoms with van der Waals surface area (Å²) in [4.78, 5) is 25.8. The van der Waals surface area contributed by atoms with Gasteiger partial charge in [-0.15, -0.1) is 0 Å². The number of halogens is 1. The SMILES string of the molecule is CCOC(=O)CCN(CC(=O)Nc1ccc(C)c(Cl)c1)CC1CC1. The average Bonchev–Trinajstić information content (AvgIpc) is 3.33. The second-order valence-electron chi connectivity index (χ2n) is 6.25. The zero-order valence-corrected chi connectivity index (χ0v) is 15.1. The number of hydrogen-bond donors (Lipinski definition) is 1. The minimum atomic E-state index is -0.218. The van der Waals surface area contributed by atoms with E-state index >= 15 is 0 Å². The zero-order chi connectivity index (χ0) is 17.5. The number of nitrogens with one attached hydrogen (secondary N) is 1. The molecule has 0 aliphatic heterocycles. The van der Waals surface area contributed by atoms with Gasteiger partial charge >= 0.3 is 5.97 Å². The van der Waals surface area contributed by atoms with Crippen molar-refractivity contribution >= 4 is 29.2 Å². The van der Waals surface area contributed by atoms with Crippen LogP contribution in [0.15, 0.2) is 18.2 Å². The van der Waals surface area contributed by atoms with Gasteiger partial charge in [-0.1, -0.05) is 17.7 Å². The van der Waals surface area contributed by atoms with Crippen molar-refractivity contribution in [2.75, 3.05) is 31.6 Å². The van der Waals surface area contributed by atoms with Crippen molar-refractivity contribution in [2.24, 2.45) is 5.92 Å². The molecule has 1 aliphatic rings. The van der Waals surface area contributed by atoms with Gasteiger partial charge < -0.3 is 10.1 Å². The van der Waals surface area contributed by atoms with Gasteiger partial charge in [0.1, 0.15) is 0 Å². The maximum Gasteiger partial charge on any atom is 0.307 e. The number of carbonyl (C=O) groups is 2. The van der Waals surface area contributed by atoms with E-state index in [1.54, 1.807) is 13.0 Å². The van der Waals surface area contributed by atoms with Gasteiger partial charge in [0.05, 0.1) is 19.6 Å². The third kappa shape index (κ3) is 6.49. The largest absolute Gasteiger partial charge is 0.466 e. The third-order valence-corrected chi connectivity index (χ3v) is 4.38. The lowest BCUT2D eigenvalue weighted by molar-refractivity contribution is -0.143. The van der Waals surface area contributed by atoms with Crippen LogP contribution in [-0.2, 0) is 14.3 Å². The van der Waals surface area contributed by atoms with Crippen molar-refractivity contribution in [3.8, 4) is 0 Å². The maximum absolute atomic E-state index is 12.3. The Morgan fingerprint density at radius 1 is 1.38 bits per heavy atom. The van der Waals surface area contributed by atoms with Crippen molar-refractivity contribution in [3.63, 3.8) is 0 Å². The van der Waals surface area contributed by atoms with Crippen LogP contribution in [0.5, 0.6) is 0 Å². The Morgan fingerprint density at radius 3 is 2.75 bits per heavy atom. The molecular weight excluding hydrogens is 328 g/mol. The van der Waals surface area contributed by atoms with Gasteiger partial charge in [0.2, 0.25) is 5.91 Å². The van der Waals surface area contributed by atoms with Gasteiger partial charge in [0.15, 0.2) is 0 Å². The summed E-state index contributed by atoms with van der Waals surface area (Å²) in [6, 6.07) is 5.46. The fourth-order valence-corrected chi connectivity index (χ4v) is 2.64. The second-order valence-corrected chi connectivity index (χ2v) is 6.65. The lowest BCUT2D eigenvalue weighted by Gasteiger charge is -2.21. The minimum Gasteiger partial charge on any atom is -0.466 e. The third-order valence-electron chi connectivity index (χ3n) is 3.97. The summed E-state index contributed by atoms with van der Waals surface area (Å²) >= 11 is 6.08. The van der Waals surface area contributed by atoms with E-state index in [0.717, 1.165) is 12.1 Å². The van der Waals surface area contributed by atoms with Gasteiger partial charge in [-0.25, -0.2) is 0 Å². The minimum absolute atomic E-state index is 0.0978. The van der Waals surface area contributed by atoms with Crippen molar-refractivity contribution in [1.29, 1.82) is 0 Å². The van der Waals surface area contributed by atoms with Gasteiger partial charge in [0, 0.05) is 23.8 Å². The van der Waals surface area contributed by atoms with E-state index in [1.807, 2.05) is 24.0 Å². The molecule has 0 saturated heterocycles. The molecule has 1 amide bonds. The fraction of sp³-hybridized carbons (Fsp3) is 0.556. The first-order valence-electron chi connectivity index (χ1n) is 8.42. The molecule has 0 aromatic heterocycles. The molecule has 1 aromatic rings. The monoisotopic (exact) mass is 352 g/mol. The molecule has 0 radical (unpaired) electrons. The number of hydrogen-bond acceptors (Lipinski definition) is 4. The molecule has 0 unspecified atom stereocenters. The van der Waals surface area contributed by atoms with Crippen molar-refractivity contribution in [2.45, 2.75) is 33.1 Å². The zero-order valence-electron chi connectivity index (χ0n) is 14.3. The number of esters is 1. The summed E-state index contributed by atoms with van der Waals surface area (Å²) in [5.41, 5.74) is 1.66. The number of rotatable bonds is 9. The first kappa shape index (κ1) is 18.7. The van der Waals surface area contributed by atoms with Crippen LogP contribution in [0, 0.1) is 12.8 Å². The standard InChI is InChI=1S/C18H25ClN2O3/c1-3-24-18(23)8-9-21(11-14-5-6-14)12-17(22)20-15-7-4-13(2)16(19)10-15/h4,7,10,14H,3,5-6,8-9,11-12H2,1-2H3,(H,20,22). The summed E-state index contributed by atoms with van der Waals surface area (Å²) < 4.78 is 4.96. The molecule has 2 rings (SSSR count). The van der Waals surface area contributed by atoms with Gasteiger partial charge in [-0.2, -0.15) is 0 Å². The van der Waals surface area contributed by atoms with E-state index in [1.165, 1.54) is 12.8 Å². The molecule has 1 saturated carbocycles. The summed E-state index contributed by atoms with van der Waals surface area (Å²) in [6.45, 7) is 5.75. The first-order chi connectivity index (χ1) is 11.5. The van der Waals surface area contributed by atoms with Crippen molar-refractivity contribution in [3.05, 3.63) is 28.8 Å². The molecule has 0 bridgehead atoms. The Hall–Kier alpha value is -1.59. The number of nitrogens with zero attached hydrogens (tertiary/aromatic N) is 1. The Labute approximate surface area is 148 Å². The lowest BCUT2D eigenvalue weighted by Crippen LogP contribution is -2.36. The number of carbonyl (C=O) groups excluding carboxylic acids is 2. The van der Waals surface area contributed by atoms with Crippen molar-refractivity contribution in [1.82, 2.24) is 4.90 Å². The van der Waals surface area contributed by atoms with Crippen LogP contribution < -0.4 is 5.32 Å². The molecular formula is C18H25ClN2O3. The summed E-state index contributed by atoms with van der Waals surface area (Å²) in [7, 11) is 0. The van der Waals surface area contributed by atoms with Crippen LogP contribution in [0.1, 0.15) is 31.7 Å². The highest BCUT2D eigenvalue weighted by molar-refractivity contribution is 6.31. The molecule has 1 aromatic carbocycles. The molecule has 1 N–H and O–H groups in total. The molecule has 1 fully saturated rings. The highest BCUT2D eigenvalue weighted by Crippen LogP contribution is 2.29. The normalized spacial score (nSPS) is 13.8. The molecule has 6 heteroatoms. The Morgan fingerprint density at radius 2 is 2.12 bits per heavy atom. The number of aryl methyl sites for hydroxylation is 1. The Balaban J connectivity index is 1.85. The molecule has 24 heavy (non-hydrogen) atoms. The molecule has 5 nitrogen and oxygen atoms in total. The van der Waals surface area contributed by atoms with E-state index in [-0.39, 0.29) is 18.4 Å². The number of ether oxygens (including phenoxy) is 1. The first-order valence-corrected chi connectivity index (χ1v) is 8.79. The van der Waals surface area contributed by atoms with Crippen LogP contribution in [0.2, 0.25) is 5.02 Å². The van der Waals surface area contributed by atoms with Crippen LogP contribution in [0.3, 0.4) is 0 Å². The summed E-state index contributed by atoms with van der Waals surface area (Å²) in [5, 5.41) is 3.50. The smallest absolute Gasteiger partial charge is 0.307 e. The van der Waals surface area contributed by atoms with Gasteiger partial charge in [-0.3, -0.25) is 14.5 Å². The number of anilines is 1. The molecule has 0 heterocycles. The van der Waals surface area contributed by atoms with E-state index < -0.39 is 0 Å².